The molecule has 0 aromatic heterocycles. The predicted octanol–water partition coefficient (Wildman–Crippen LogP) is 1.27. The van der Waals surface area contributed by atoms with Gasteiger partial charge in [0.2, 0.25) is 0 Å². The molecule has 1 spiro atoms. The van der Waals surface area contributed by atoms with E-state index in [4.69, 9.17) is 4.65 Å². The van der Waals surface area contributed by atoms with Crippen molar-refractivity contribution in [2.24, 2.45) is 0 Å². The molecule has 2 aromatic carbocycles. The van der Waals surface area contributed by atoms with Crippen LogP contribution in [-0.4, -0.2) is 26.3 Å². The number of hydrogen-bond acceptors (Lipinski definition) is 4. The molecule has 4 nitrogen and oxygen atoms in total. The van der Waals surface area contributed by atoms with Gasteiger partial charge < -0.3 is 9.68 Å². The summed E-state index contributed by atoms with van der Waals surface area (Å²) in [5.74, 6) is -0.151. The molecule has 0 saturated carbocycles. The summed E-state index contributed by atoms with van der Waals surface area (Å²) >= 11 is 0. The first kappa shape index (κ1) is 15.3. The Morgan fingerprint density at radius 3 is 2.73 bits per heavy atom. The molecule has 0 fully saturated rings. The van der Waals surface area contributed by atoms with E-state index in [1.165, 1.54) is 0 Å². The van der Waals surface area contributed by atoms with Crippen LogP contribution < -0.4 is 5.46 Å². The molecule has 1 atom stereocenters. The molecule has 2 aliphatic heterocycles. The minimum atomic E-state index is -3.45. The fourth-order valence-corrected chi connectivity index (χ4v) is 5.06. The second-order valence-electron chi connectivity index (χ2n) is 5.64. The first-order valence-corrected chi connectivity index (χ1v) is 8.42. The Bertz CT molecular complexity index is 834. The fraction of sp³-hybridized carbons (Fsp3) is 0.250. The molecule has 0 aliphatic carbocycles. The normalized spacial score (nSPS) is 24.5. The van der Waals surface area contributed by atoms with E-state index in [-0.39, 0.29) is 13.2 Å². The van der Waals surface area contributed by atoms with E-state index < -0.39 is 22.6 Å². The molecule has 2 heterocycles. The SMILES string of the molecule is C.O=S1(=O)CC2(Cc3cccc1c3)OB(O)c1ccccc12. The lowest BCUT2D eigenvalue weighted by atomic mass is 9.77. The van der Waals surface area contributed by atoms with Crippen molar-refractivity contribution in [2.75, 3.05) is 5.75 Å². The molecule has 0 amide bonds. The van der Waals surface area contributed by atoms with E-state index in [2.05, 4.69) is 0 Å². The van der Waals surface area contributed by atoms with Crippen LogP contribution in [0.1, 0.15) is 18.6 Å². The van der Waals surface area contributed by atoms with E-state index in [1.807, 2.05) is 24.3 Å². The van der Waals surface area contributed by atoms with Gasteiger partial charge >= 0.3 is 7.12 Å². The number of benzene rings is 2. The fourth-order valence-electron chi connectivity index (χ4n) is 3.34. The second-order valence-corrected chi connectivity index (χ2v) is 7.62. The molecule has 6 heteroatoms. The summed E-state index contributed by atoms with van der Waals surface area (Å²) in [6.45, 7) is 0. The van der Waals surface area contributed by atoms with Crippen molar-refractivity contribution >= 4 is 22.4 Å². The Morgan fingerprint density at radius 1 is 1.14 bits per heavy atom. The average molecular weight is 316 g/mol. The van der Waals surface area contributed by atoms with E-state index in [0.717, 1.165) is 11.1 Å². The molecule has 1 unspecified atom stereocenters. The number of rotatable bonds is 0. The maximum absolute atomic E-state index is 12.6. The summed E-state index contributed by atoms with van der Waals surface area (Å²) in [5.41, 5.74) is 1.31. The topological polar surface area (TPSA) is 63.6 Å². The van der Waals surface area contributed by atoms with Crippen LogP contribution in [0.2, 0.25) is 0 Å². The predicted molar refractivity (Wildman–Crippen MR) is 85.7 cm³/mol. The van der Waals surface area contributed by atoms with Gasteiger partial charge in [-0.1, -0.05) is 43.8 Å². The molecule has 2 bridgehead atoms. The number of sulfone groups is 1. The van der Waals surface area contributed by atoms with Gasteiger partial charge in [0, 0.05) is 6.42 Å². The lowest BCUT2D eigenvalue weighted by Crippen LogP contribution is -2.37. The molecule has 22 heavy (non-hydrogen) atoms. The minimum Gasteiger partial charge on any atom is -0.423 e. The maximum Gasteiger partial charge on any atom is 0.492 e. The Kier molecular flexibility index (Phi) is 3.43. The van der Waals surface area contributed by atoms with Gasteiger partial charge in [-0.25, -0.2) is 8.42 Å². The van der Waals surface area contributed by atoms with Crippen molar-refractivity contribution in [3.8, 4) is 0 Å². The lowest BCUT2D eigenvalue weighted by Gasteiger charge is -2.29. The van der Waals surface area contributed by atoms with Gasteiger partial charge in [0.15, 0.2) is 9.84 Å². The van der Waals surface area contributed by atoms with E-state index in [9.17, 15) is 13.4 Å². The van der Waals surface area contributed by atoms with E-state index >= 15 is 0 Å². The molecule has 2 aromatic rings. The van der Waals surface area contributed by atoms with Crippen LogP contribution in [0.5, 0.6) is 0 Å². The third-order valence-corrected chi connectivity index (χ3v) is 6.04. The van der Waals surface area contributed by atoms with Crippen molar-refractivity contribution in [2.45, 2.75) is 24.3 Å². The third-order valence-electron chi connectivity index (χ3n) is 4.23. The maximum atomic E-state index is 12.6. The van der Waals surface area contributed by atoms with Crippen LogP contribution in [0.15, 0.2) is 53.4 Å². The van der Waals surface area contributed by atoms with Crippen LogP contribution in [0.4, 0.5) is 0 Å². The summed E-state index contributed by atoms with van der Waals surface area (Å²) in [4.78, 5) is 0.319. The van der Waals surface area contributed by atoms with Crippen LogP contribution in [0.3, 0.4) is 0 Å². The average Bonchev–Trinajstić information content (AvgIpc) is 2.68. The van der Waals surface area contributed by atoms with E-state index in [1.54, 1.807) is 24.3 Å². The van der Waals surface area contributed by atoms with Gasteiger partial charge in [-0.15, -0.1) is 0 Å². The Morgan fingerprint density at radius 2 is 1.91 bits per heavy atom. The highest BCUT2D eigenvalue weighted by Crippen LogP contribution is 2.39. The van der Waals surface area contributed by atoms with Crippen LogP contribution in [0.25, 0.3) is 0 Å². The first-order valence-electron chi connectivity index (χ1n) is 6.77. The first-order chi connectivity index (χ1) is 10.0. The van der Waals surface area contributed by atoms with Gasteiger partial charge in [-0.05, 0) is 28.7 Å². The van der Waals surface area contributed by atoms with Crippen molar-refractivity contribution in [3.05, 3.63) is 59.7 Å². The second kappa shape index (κ2) is 4.94. The Hall–Kier alpha value is -1.63. The zero-order chi connectivity index (χ0) is 14.7. The molecule has 0 saturated heterocycles. The summed E-state index contributed by atoms with van der Waals surface area (Å²) < 4.78 is 30.9. The molecule has 114 valence electrons. The monoisotopic (exact) mass is 316 g/mol. The highest BCUT2D eigenvalue weighted by molar-refractivity contribution is 7.91. The summed E-state index contributed by atoms with van der Waals surface area (Å²) in [6.07, 6.45) is 0.439. The van der Waals surface area contributed by atoms with Gasteiger partial charge in [0.25, 0.3) is 0 Å². The van der Waals surface area contributed by atoms with Gasteiger partial charge in [-0.2, -0.15) is 0 Å². The van der Waals surface area contributed by atoms with Crippen LogP contribution >= 0.6 is 0 Å². The molecule has 2 aliphatic rings. The van der Waals surface area contributed by atoms with Crippen molar-refractivity contribution in [1.29, 1.82) is 0 Å². The number of hydrogen-bond donors (Lipinski definition) is 1. The molecular weight excluding hydrogens is 299 g/mol. The Balaban J connectivity index is 0.00000144. The zero-order valence-electron chi connectivity index (χ0n) is 11.2. The standard InChI is InChI=1S/C15H13BO4S.CH4/c17-16-14-7-2-1-6-13(14)15(20-16)9-11-4-3-5-12(8-11)21(18,19)10-15;/h1-8,17H,9-10H2;1H4. The summed E-state index contributed by atoms with van der Waals surface area (Å²) in [6, 6.07) is 14.2. The molecular formula is C16H17BO4S. The van der Waals surface area contributed by atoms with Crippen molar-refractivity contribution in [1.82, 2.24) is 0 Å². The molecule has 4 rings (SSSR count). The lowest BCUT2D eigenvalue weighted by molar-refractivity contribution is 0.0843. The zero-order valence-corrected chi connectivity index (χ0v) is 12.0. The summed E-state index contributed by atoms with van der Waals surface area (Å²) in [7, 11) is -4.53. The highest BCUT2D eigenvalue weighted by Gasteiger charge is 2.50. The van der Waals surface area contributed by atoms with E-state index in [0.29, 0.717) is 16.8 Å². The highest BCUT2D eigenvalue weighted by atomic mass is 32.2. The number of fused-ring (bicyclic) bond motifs is 4. The van der Waals surface area contributed by atoms with Gasteiger partial charge in [0.05, 0.1) is 16.2 Å². The summed E-state index contributed by atoms with van der Waals surface area (Å²) in [5, 5.41) is 10.1. The quantitative estimate of drug-likeness (QED) is 0.744. The van der Waals surface area contributed by atoms with Crippen LogP contribution in [-0.2, 0) is 26.5 Å². The molecule has 0 radical (unpaired) electrons. The smallest absolute Gasteiger partial charge is 0.423 e. The largest absolute Gasteiger partial charge is 0.492 e. The van der Waals surface area contributed by atoms with Crippen LogP contribution in [0, 0.1) is 0 Å². The van der Waals surface area contributed by atoms with Gasteiger partial charge in [0.1, 0.15) is 0 Å². The van der Waals surface area contributed by atoms with Gasteiger partial charge in [-0.3, -0.25) is 0 Å². The third kappa shape index (κ3) is 2.10. The van der Waals surface area contributed by atoms with Crippen molar-refractivity contribution in [3.63, 3.8) is 0 Å². The Labute approximate surface area is 130 Å². The minimum absolute atomic E-state index is 0. The molecule has 1 N–H and O–H groups in total. The van der Waals surface area contributed by atoms with Crippen molar-refractivity contribution < 1.29 is 18.1 Å².